The summed E-state index contributed by atoms with van der Waals surface area (Å²) in [5, 5.41) is 4.95. The lowest BCUT2D eigenvalue weighted by Gasteiger charge is -2.25. The highest BCUT2D eigenvalue weighted by Crippen LogP contribution is 2.46. The van der Waals surface area contributed by atoms with Crippen LogP contribution in [0, 0.1) is 0 Å². The zero-order valence-electron chi connectivity index (χ0n) is 31.0. The van der Waals surface area contributed by atoms with Crippen LogP contribution in [0.3, 0.4) is 0 Å². The minimum atomic E-state index is 0.220. The minimum absolute atomic E-state index is 0.220. The molecule has 1 unspecified atom stereocenters. The number of benzene rings is 8. The maximum atomic E-state index is 6.37. The molecule has 11 aromatic rings. The number of hydrogen-bond acceptors (Lipinski definition) is 5. The van der Waals surface area contributed by atoms with Crippen molar-refractivity contribution in [1.29, 1.82) is 0 Å². The highest BCUT2D eigenvalue weighted by molar-refractivity contribution is 7.26. The van der Waals surface area contributed by atoms with Crippen molar-refractivity contribution in [3.63, 3.8) is 0 Å². The fourth-order valence-electron chi connectivity index (χ4n) is 8.52. The summed E-state index contributed by atoms with van der Waals surface area (Å²) in [5.41, 5.74) is 11.6. The summed E-state index contributed by atoms with van der Waals surface area (Å²) in [7, 11) is 0. The summed E-state index contributed by atoms with van der Waals surface area (Å²) in [5.74, 6) is 0.842. The first-order valence-corrected chi connectivity index (χ1v) is 20.3. The van der Waals surface area contributed by atoms with Gasteiger partial charge in [-0.3, -0.25) is 0 Å². The topological polar surface area (TPSA) is 42.4 Å². The first-order chi connectivity index (χ1) is 28.2. The van der Waals surface area contributed by atoms with Gasteiger partial charge in [0.1, 0.15) is 16.7 Å². The molecule has 1 atom stereocenters. The maximum absolute atomic E-state index is 6.37. The number of nitrogens with zero attached hydrogens (tertiary/aromatic N) is 2. The third kappa shape index (κ3) is 5.95. The van der Waals surface area contributed by atoms with Gasteiger partial charge >= 0.3 is 0 Å². The fourth-order valence-corrected chi connectivity index (χ4v) is 9.71. The number of anilines is 3. The number of para-hydroxylation sites is 2. The van der Waals surface area contributed by atoms with Crippen LogP contribution in [-0.4, -0.2) is 4.98 Å². The second kappa shape index (κ2) is 14.0. The van der Waals surface area contributed by atoms with Crippen LogP contribution in [0.5, 0.6) is 0 Å². The van der Waals surface area contributed by atoms with Crippen molar-refractivity contribution in [1.82, 2.24) is 4.98 Å². The molecule has 0 saturated heterocycles. The molecule has 0 aliphatic carbocycles. The molecule has 0 radical (unpaired) electrons. The molecule has 272 valence electrons. The molecule has 0 saturated carbocycles. The third-order valence-electron chi connectivity index (χ3n) is 11.2. The molecule has 0 fully saturated rings. The number of aryl methyl sites for hydroxylation is 1. The molecular weight excluding hydrogens is 717 g/mol. The van der Waals surface area contributed by atoms with Crippen LogP contribution in [0.25, 0.3) is 64.7 Å². The summed E-state index contributed by atoms with van der Waals surface area (Å²) in [6.45, 7) is 0. The van der Waals surface area contributed by atoms with Gasteiger partial charge in [-0.2, -0.15) is 0 Å². The first-order valence-electron chi connectivity index (χ1n) is 19.5. The van der Waals surface area contributed by atoms with Gasteiger partial charge in [0.05, 0.1) is 16.1 Å². The Labute approximate surface area is 333 Å². The predicted octanol–water partition coefficient (Wildman–Crippen LogP) is 15.0. The SMILES string of the molecule is c1ccc(-c2nc3ccc(N(c4ccccc4)c4cccc5c4sc4ccc(C(CCc6cccc7oc8ccccc8c67)c6ccccc6)cc45)cc3o2)cc1. The van der Waals surface area contributed by atoms with Gasteiger partial charge in [-0.15, -0.1) is 11.3 Å². The summed E-state index contributed by atoms with van der Waals surface area (Å²) < 4.78 is 15.1. The standard InChI is InChI=1S/C52H36N2O2S/c1-4-14-34(15-5-1)40(29-26-35-18-12-25-47-50(35)42-21-10-11-24-46(42)55-47)37-27-31-49-43(32-37)41-22-13-23-45(51(41)57-49)54(38-19-8-3-9-20-38)39-28-30-44-48(33-39)56-52(53-44)36-16-6-2-7-17-36/h1-25,27-28,30-33,40H,26,29H2. The van der Waals surface area contributed by atoms with E-state index in [1.54, 1.807) is 0 Å². The number of furan rings is 1. The lowest BCUT2D eigenvalue weighted by atomic mass is 9.85. The minimum Gasteiger partial charge on any atom is -0.456 e. The van der Waals surface area contributed by atoms with Gasteiger partial charge in [-0.05, 0) is 96.3 Å². The zero-order valence-corrected chi connectivity index (χ0v) is 31.8. The first kappa shape index (κ1) is 33.4. The van der Waals surface area contributed by atoms with Crippen LogP contribution in [0.4, 0.5) is 17.1 Å². The van der Waals surface area contributed by atoms with Crippen molar-refractivity contribution >= 4 is 81.6 Å². The van der Waals surface area contributed by atoms with Gasteiger partial charge in [0.2, 0.25) is 5.89 Å². The van der Waals surface area contributed by atoms with Gasteiger partial charge in [0.15, 0.2) is 5.58 Å². The van der Waals surface area contributed by atoms with Gasteiger partial charge in [0.25, 0.3) is 0 Å². The van der Waals surface area contributed by atoms with Gasteiger partial charge in [-0.25, -0.2) is 4.98 Å². The second-order valence-corrected chi connectivity index (χ2v) is 15.7. The normalized spacial score (nSPS) is 12.3. The van der Waals surface area contributed by atoms with Crippen LogP contribution in [-0.2, 0) is 6.42 Å². The average molecular weight is 753 g/mol. The summed E-state index contributed by atoms with van der Waals surface area (Å²) in [6, 6.07) is 66.7. The predicted molar refractivity (Wildman–Crippen MR) is 237 cm³/mol. The van der Waals surface area contributed by atoms with E-state index in [-0.39, 0.29) is 5.92 Å². The van der Waals surface area contributed by atoms with Gasteiger partial charge < -0.3 is 13.7 Å². The van der Waals surface area contributed by atoms with Crippen LogP contribution >= 0.6 is 11.3 Å². The molecule has 0 aliphatic rings. The van der Waals surface area contributed by atoms with Crippen molar-refractivity contribution < 1.29 is 8.83 Å². The van der Waals surface area contributed by atoms with Crippen molar-refractivity contribution in [3.8, 4) is 11.5 Å². The molecule has 57 heavy (non-hydrogen) atoms. The number of aromatic nitrogens is 1. The molecule has 3 heterocycles. The van der Waals surface area contributed by atoms with E-state index in [9.17, 15) is 0 Å². The average Bonchev–Trinajstić information content (AvgIpc) is 3.99. The van der Waals surface area contributed by atoms with E-state index in [0.29, 0.717) is 5.89 Å². The Hall–Kier alpha value is -6.95. The van der Waals surface area contributed by atoms with Crippen LogP contribution in [0.15, 0.2) is 197 Å². The van der Waals surface area contributed by atoms with Gasteiger partial charge in [-0.1, -0.05) is 115 Å². The summed E-state index contributed by atoms with van der Waals surface area (Å²) in [4.78, 5) is 7.16. The van der Waals surface area contributed by atoms with Crippen molar-refractivity contribution in [2.75, 3.05) is 4.90 Å². The molecule has 0 spiro atoms. The summed E-state index contributed by atoms with van der Waals surface area (Å²) in [6.07, 6.45) is 1.90. The Morgan fingerprint density at radius 3 is 2.12 bits per heavy atom. The molecule has 3 aromatic heterocycles. The second-order valence-electron chi connectivity index (χ2n) is 14.6. The van der Waals surface area contributed by atoms with Crippen LogP contribution in [0.2, 0.25) is 0 Å². The van der Waals surface area contributed by atoms with Crippen molar-refractivity contribution in [3.05, 3.63) is 205 Å². The van der Waals surface area contributed by atoms with Gasteiger partial charge in [0, 0.05) is 49.5 Å². The lowest BCUT2D eigenvalue weighted by molar-refractivity contribution is 0.620. The monoisotopic (exact) mass is 752 g/mol. The molecular formula is C52H36N2O2S. The van der Waals surface area contributed by atoms with E-state index >= 15 is 0 Å². The maximum Gasteiger partial charge on any atom is 0.227 e. The molecule has 0 N–H and O–H groups in total. The van der Waals surface area contributed by atoms with Crippen molar-refractivity contribution in [2.24, 2.45) is 0 Å². The van der Waals surface area contributed by atoms with E-state index in [1.165, 1.54) is 47.6 Å². The highest BCUT2D eigenvalue weighted by Gasteiger charge is 2.22. The Morgan fingerprint density at radius 1 is 0.526 bits per heavy atom. The molecule has 8 aromatic carbocycles. The Kier molecular flexibility index (Phi) is 8.18. The van der Waals surface area contributed by atoms with Crippen LogP contribution < -0.4 is 4.90 Å². The Morgan fingerprint density at radius 2 is 1.26 bits per heavy atom. The summed E-state index contributed by atoms with van der Waals surface area (Å²) >= 11 is 1.85. The molecule has 4 nitrogen and oxygen atoms in total. The Bertz CT molecular complexity index is 3200. The van der Waals surface area contributed by atoms with E-state index in [0.717, 1.165) is 57.7 Å². The van der Waals surface area contributed by atoms with E-state index in [1.807, 2.05) is 47.7 Å². The molecule has 0 aliphatic heterocycles. The third-order valence-corrected chi connectivity index (χ3v) is 12.4. The highest BCUT2D eigenvalue weighted by atomic mass is 32.1. The van der Waals surface area contributed by atoms with E-state index in [4.69, 9.17) is 13.8 Å². The molecule has 5 heteroatoms. The largest absolute Gasteiger partial charge is 0.456 e. The number of oxazole rings is 1. The smallest absolute Gasteiger partial charge is 0.227 e. The van der Waals surface area contributed by atoms with E-state index < -0.39 is 0 Å². The van der Waals surface area contributed by atoms with Crippen LogP contribution in [0.1, 0.15) is 29.0 Å². The molecule has 0 amide bonds. The fraction of sp³-hybridized carbons (Fsp3) is 0.0577. The number of hydrogen-bond donors (Lipinski definition) is 0. The quantitative estimate of drug-likeness (QED) is 0.147. The number of fused-ring (bicyclic) bond motifs is 7. The Balaban J connectivity index is 1.00. The molecule has 0 bridgehead atoms. The van der Waals surface area contributed by atoms with E-state index in [2.05, 4.69) is 157 Å². The number of thiophene rings is 1. The zero-order chi connectivity index (χ0) is 37.7. The number of rotatable bonds is 9. The van der Waals surface area contributed by atoms with Crippen molar-refractivity contribution in [2.45, 2.75) is 18.8 Å². The lowest BCUT2D eigenvalue weighted by Crippen LogP contribution is -2.09. The molecule has 11 rings (SSSR count).